The largest absolute Gasteiger partial charge is 0.496 e. The van der Waals surface area contributed by atoms with Crippen molar-refractivity contribution < 1.29 is 29.9 Å². The first-order valence-electron chi connectivity index (χ1n) is 10.9. The fourth-order valence-corrected chi connectivity index (χ4v) is 5.31. The van der Waals surface area contributed by atoms with Gasteiger partial charge in [-0.05, 0) is 72.8 Å². The second-order valence-electron chi connectivity index (χ2n) is 8.87. The Labute approximate surface area is 200 Å². The van der Waals surface area contributed by atoms with Gasteiger partial charge < -0.3 is 9.47 Å². The van der Waals surface area contributed by atoms with Crippen LogP contribution < -0.4 is 9.47 Å². The molecule has 3 rings (SSSR count). The Morgan fingerprint density at radius 2 is 1.88 bits per heavy atom. The molecule has 0 aromatic heterocycles. The Morgan fingerprint density at radius 3 is 2.52 bits per heavy atom. The maximum Gasteiger partial charge on any atom is 0.185 e. The van der Waals surface area contributed by atoms with Crippen molar-refractivity contribution in [2.75, 3.05) is 25.7 Å². The molecule has 5 nitrogen and oxygen atoms in total. The van der Waals surface area contributed by atoms with Crippen LogP contribution in [-0.4, -0.2) is 39.9 Å². The number of Topliss-reactive ketones (excluding diaryl/α,β-unsaturated/α-hetero) is 1. The van der Waals surface area contributed by atoms with Crippen molar-refractivity contribution in [3.05, 3.63) is 59.4 Å². The van der Waals surface area contributed by atoms with Crippen molar-refractivity contribution in [2.45, 2.75) is 51.9 Å². The maximum absolute atomic E-state index is 13.5. The van der Waals surface area contributed by atoms with E-state index >= 15 is 0 Å². The lowest BCUT2D eigenvalue weighted by Crippen LogP contribution is -2.20. The van der Waals surface area contributed by atoms with Crippen molar-refractivity contribution >= 4 is 15.6 Å². The molecule has 0 saturated heterocycles. The SMILES string of the molecule is C.COc1cc(F)ccc1[C@@H](C)CC1CC[C@@H](c2ccc(OCC(=O)CS(C)(=O)=O)cc2)C1.[HH].[HH]. The molecule has 2 aromatic carbocycles. The molecule has 0 heterocycles. The summed E-state index contributed by atoms with van der Waals surface area (Å²) in [7, 11) is -1.76. The smallest absolute Gasteiger partial charge is 0.185 e. The molecule has 186 valence electrons. The van der Waals surface area contributed by atoms with Gasteiger partial charge in [-0.3, -0.25) is 4.79 Å². The summed E-state index contributed by atoms with van der Waals surface area (Å²) in [5, 5.41) is 0. The zero-order chi connectivity index (χ0) is 23.3. The Balaban J connectivity index is 0.00000385. The maximum atomic E-state index is 13.5. The number of benzene rings is 2. The van der Waals surface area contributed by atoms with Gasteiger partial charge in [0.1, 0.15) is 29.7 Å². The van der Waals surface area contributed by atoms with Crippen molar-refractivity contribution in [1.82, 2.24) is 0 Å². The number of hydrogen-bond acceptors (Lipinski definition) is 5. The summed E-state index contributed by atoms with van der Waals surface area (Å²) in [5.41, 5.74) is 2.29. The van der Waals surface area contributed by atoms with Crippen LogP contribution in [0.15, 0.2) is 42.5 Å². The fourth-order valence-electron chi connectivity index (χ4n) is 4.64. The molecule has 1 aliphatic carbocycles. The van der Waals surface area contributed by atoms with Gasteiger partial charge in [0.15, 0.2) is 15.6 Å². The molecule has 0 N–H and O–H groups in total. The van der Waals surface area contributed by atoms with Crippen LogP contribution in [0.25, 0.3) is 0 Å². The quantitative estimate of drug-likeness (QED) is 0.413. The summed E-state index contributed by atoms with van der Waals surface area (Å²) < 4.78 is 46.6. The second kappa shape index (κ2) is 11.6. The number of methoxy groups -OCH3 is 1. The third-order valence-corrected chi connectivity index (χ3v) is 6.98. The number of sulfone groups is 1. The number of rotatable bonds is 10. The molecule has 0 radical (unpaired) electrons. The zero-order valence-corrected chi connectivity index (χ0v) is 19.7. The Bertz CT molecular complexity index is 1040. The van der Waals surface area contributed by atoms with Crippen LogP contribution in [-0.2, 0) is 14.6 Å². The van der Waals surface area contributed by atoms with E-state index in [4.69, 9.17) is 9.47 Å². The van der Waals surface area contributed by atoms with Gasteiger partial charge in [-0.2, -0.15) is 0 Å². The monoisotopic (exact) mass is 482 g/mol. The minimum Gasteiger partial charge on any atom is -0.496 e. The highest BCUT2D eigenvalue weighted by Gasteiger charge is 2.28. The molecule has 1 aliphatic rings. The minimum absolute atomic E-state index is 0. The summed E-state index contributed by atoms with van der Waals surface area (Å²) in [4.78, 5) is 11.7. The third kappa shape index (κ3) is 7.84. The van der Waals surface area contributed by atoms with Gasteiger partial charge in [-0.15, -0.1) is 0 Å². The number of halogens is 1. The molecule has 1 unspecified atom stereocenters. The van der Waals surface area contributed by atoms with E-state index < -0.39 is 21.4 Å². The van der Waals surface area contributed by atoms with E-state index in [9.17, 15) is 17.6 Å². The number of ether oxygens (including phenoxy) is 2. The molecule has 7 heteroatoms. The second-order valence-corrected chi connectivity index (χ2v) is 11.0. The normalized spacial score (nSPS) is 18.9. The lowest BCUT2D eigenvalue weighted by Gasteiger charge is -2.19. The number of carbonyl (C=O) groups excluding carboxylic acids is 1. The van der Waals surface area contributed by atoms with Crippen LogP contribution in [0.2, 0.25) is 0 Å². The van der Waals surface area contributed by atoms with Crippen molar-refractivity contribution in [3.8, 4) is 11.5 Å². The molecule has 0 bridgehead atoms. The zero-order valence-electron chi connectivity index (χ0n) is 18.8. The van der Waals surface area contributed by atoms with Crippen LogP contribution in [0.5, 0.6) is 11.5 Å². The van der Waals surface area contributed by atoms with Gasteiger partial charge in [0, 0.05) is 15.2 Å². The van der Waals surface area contributed by atoms with Gasteiger partial charge >= 0.3 is 0 Å². The molecule has 0 aliphatic heterocycles. The van der Waals surface area contributed by atoms with E-state index in [1.165, 1.54) is 17.7 Å². The first-order chi connectivity index (χ1) is 15.1. The highest BCUT2D eigenvalue weighted by molar-refractivity contribution is 7.91. The van der Waals surface area contributed by atoms with Crippen LogP contribution >= 0.6 is 0 Å². The van der Waals surface area contributed by atoms with Crippen LogP contribution in [0, 0.1) is 11.7 Å². The average Bonchev–Trinajstić information content (AvgIpc) is 3.19. The highest BCUT2D eigenvalue weighted by Crippen LogP contribution is 2.43. The van der Waals surface area contributed by atoms with E-state index in [-0.39, 0.29) is 28.6 Å². The fraction of sp³-hybridized carbons (Fsp3) is 0.500. The molecule has 1 saturated carbocycles. The predicted octanol–water partition coefficient (Wildman–Crippen LogP) is 6.03. The molecule has 2 aromatic rings. The van der Waals surface area contributed by atoms with Gasteiger partial charge in [0.25, 0.3) is 0 Å². The van der Waals surface area contributed by atoms with E-state index in [1.54, 1.807) is 7.11 Å². The third-order valence-electron chi connectivity index (χ3n) is 6.13. The average molecular weight is 483 g/mol. The highest BCUT2D eigenvalue weighted by atomic mass is 32.2. The van der Waals surface area contributed by atoms with Crippen molar-refractivity contribution in [2.24, 2.45) is 5.92 Å². The van der Waals surface area contributed by atoms with E-state index in [0.717, 1.165) is 37.5 Å². The molecular weight excluding hydrogens is 443 g/mol. The van der Waals surface area contributed by atoms with Gasteiger partial charge in [-0.1, -0.05) is 32.5 Å². The molecule has 0 spiro atoms. The molecule has 33 heavy (non-hydrogen) atoms. The molecular formula is C26H39FO5S. The van der Waals surface area contributed by atoms with E-state index in [2.05, 4.69) is 6.92 Å². The predicted molar refractivity (Wildman–Crippen MR) is 134 cm³/mol. The summed E-state index contributed by atoms with van der Waals surface area (Å²) in [6.45, 7) is 1.92. The van der Waals surface area contributed by atoms with Crippen LogP contribution in [0.4, 0.5) is 4.39 Å². The number of ketones is 1. The lowest BCUT2D eigenvalue weighted by atomic mass is 9.87. The van der Waals surface area contributed by atoms with Gasteiger partial charge in [-0.25, -0.2) is 12.8 Å². The molecule has 1 fully saturated rings. The Hall–Kier alpha value is -2.41. The summed E-state index contributed by atoms with van der Waals surface area (Å²) >= 11 is 0. The van der Waals surface area contributed by atoms with Gasteiger partial charge in [0.2, 0.25) is 0 Å². The minimum atomic E-state index is -3.34. The van der Waals surface area contributed by atoms with Gasteiger partial charge in [0.05, 0.1) is 7.11 Å². The summed E-state index contributed by atoms with van der Waals surface area (Å²) in [5.74, 6) is 1.27. The number of carbonyl (C=O) groups is 1. The summed E-state index contributed by atoms with van der Waals surface area (Å²) in [6, 6.07) is 12.5. The topological polar surface area (TPSA) is 69.7 Å². The molecule has 0 amide bonds. The van der Waals surface area contributed by atoms with E-state index in [0.29, 0.717) is 23.3 Å². The first kappa shape index (κ1) is 26.8. The van der Waals surface area contributed by atoms with Crippen LogP contribution in [0.1, 0.15) is 65.8 Å². The molecule has 3 atom stereocenters. The number of hydrogen-bond donors (Lipinski definition) is 0. The Kier molecular flexibility index (Phi) is 9.46. The van der Waals surface area contributed by atoms with E-state index in [1.807, 2.05) is 30.3 Å². The van der Waals surface area contributed by atoms with Crippen LogP contribution in [0.3, 0.4) is 0 Å². The standard InChI is InChI=1S/C25H31FO5S.CH4.2H2/c1-17(24-11-8-21(26)14-25(24)30-2)12-18-4-5-20(13-18)19-6-9-23(10-7-19)31-15-22(27)16-32(3,28)29;;;/h6-11,14,17-18,20H,4-5,12-13,15-16H2,1-3H3;1H4;2*1H/t17-,18?,20+;;;/m0.../s1. The summed E-state index contributed by atoms with van der Waals surface area (Å²) in [6.07, 6.45) is 5.43. The Morgan fingerprint density at radius 1 is 1.18 bits per heavy atom. The van der Waals surface area contributed by atoms with Crippen molar-refractivity contribution in [3.63, 3.8) is 0 Å². The van der Waals surface area contributed by atoms with Crippen molar-refractivity contribution in [1.29, 1.82) is 0 Å². The first-order valence-corrected chi connectivity index (χ1v) is 13.0. The lowest BCUT2D eigenvalue weighted by molar-refractivity contribution is -0.118.